The van der Waals surface area contributed by atoms with E-state index in [0.717, 1.165) is 120 Å². The van der Waals surface area contributed by atoms with Gasteiger partial charge < -0.3 is 14.4 Å². The number of fused-ring (bicyclic) bond motifs is 6. The van der Waals surface area contributed by atoms with E-state index in [9.17, 15) is 0 Å². The molecule has 13 heteroatoms. The Labute approximate surface area is 413 Å². The van der Waals surface area contributed by atoms with Gasteiger partial charge in [-0.2, -0.15) is 19.9 Å². The molecule has 3 aromatic heterocycles. The maximum absolute atomic E-state index is 17.3. The summed E-state index contributed by atoms with van der Waals surface area (Å²) in [6, 6.07) is 23.4. The number of aromatic nitrogens is 5. The van der Waals surface area contributed by atoms with Crippen molar-refractivity contribution < 1.29 is 13.9 Å². The zero-order valence-corrected chi connectivity index (χ0v) is 41.5. The van der Waals surface area contributed by atoms with Gasteiger partial charge in [-0.1, -0.05) is 99.4 Å². The van der Waals surface area contributed by atoms with Gasteiger partial charge in [0, 0.05) is 51.2 Å². The molecule has 0 aliphatic carbocycles. The van der Waals surface area contributed by atoms with Gasteiger partial charge in [0.2, 0.25) is 0 Å². The van der Waals surface area contributed by atoms with Crippen LogP contribution in [-0.4, -0.2) is 85.2 Å². The van der Waals surface area contributed by atoms with Crippen LogP contribution < -0.4 is 14.4 Å². The number of ether oxygens (including phenoxy) is 2. The van der Waals surface area contributed by atoms with E-state index in [2.05, 4.69) is 78.8 Å². The van der Waals surface area contributed by atoms with E-state index in [4.69, 9.17) is 57.6 Å². The van der Waals surface area contributed by atoms with Crippen molar-refractivity contribution in [1.29, 1.82) is 0 Å². The van der Waals surface area contributed by atoms with E-state index in [1.165, 1.54) is 24.0 Å². The molecule has 7 aromatic rings. The fraction of sp³-hybridized carbons (Fsp3) is 0.446. The molecule has 0 bridgehead atoms. The third-order valence-electron chi connectivity index (χ3n) is 16.3. The highest BCUT2D eigenvalue weighted by Crippen LogP contribution is 2.51. The van der Waals surface area contributed by atoms with Crippen molar-refractivity contribution >= 4 is 61.3 Å². The number of benzene rings is 4. The van der Waals surface area contributed by atoms with Crippen LogP contribution in [0.25, 0.3) is 43.7 Å². The molecule has 5 aliphatic rings. The third-order valence-corrected chi connectivity index (χ3v) is 17.0. The van der Waals surface area contributed by atoms with Gasteiger partial charge in [-0.3, -0.25) is 14.8 Å². The summed E-state index contributed by atoms with van der Waals surface area (Å²) in [5.41, 5.74) is 7.26. The number of halogens is 3. The van der Waals surface area contributed by atoms with E-state index >= 15 is 4.39 Å². The van der Waals surface area contributed by atoms with Gasteiger partial charge in [0.25, 0.3) is 0 Å². The summed E-state index contributed by atoms with van der Waals surface area (Å²) in [5.74, 6) is -0.260. The Hall–Kier alpha value is -5.20. The lowest BCUT2D eigenvalue weighted by Gasteiger charge is -2.35. The summed E-state index contributed by atoms with van der Waals surface area (Å²) in [6.45, 7) is 14.2. The van der Waals surface area contributed by atoms with Gasteiger partial charge in [-0.05, 0) is 129 Å². The average molecular weight is 966 g/mol. The summed E-state index contributed by atoms with van der Waals surface area (Å²) >= 11 is 14.0. The number of rotatable bonds is 11. The first-order valence-electron chi connectivity index (χ1n) is 25.2. The van der Waals surface area contributed by atoms with Crippen LogP contribution in [0, 0.1) is 5.82 Å². The molecule has 0 saturated carbocycles. The molecule has 4 saturated heterocycles. The Bertz CT molecular complexity index is 3150. The second-order valence-electron chi connectivity index (χ2n) is 20.9. The zero-order valence-electron chi connectivity index (χ0n) is 40.0. The molecule has 0 radical (unpaired) electrons. The summed E-state index contributed by atoms with van der Waals surface area (Å²) in [5, 5.41) is 5.89. The molecule has 69 heavy (non-hydrogen) atoms. The highest BCUT2D eigenvalue weighted by molar-refractivity contribution is 6.37. The predicted octanol–water partition coefficient (Wildman–Crippen LogP) is 12.8. The summed E-state index contributed by atoms with van der Waals surface area (Å²) < 4.78 is 30.5. The number of hydrogen-bond acceptors (Lipinski definition) is 10. The van der Waals surface area contributed by atoms with Gasteiger partial charge in [-0.25, -0.2) is 4.39 Å². The van der Waals surface area contributed by atoms with Gasteiger partial charge in [0.15, 0.2) is 5.82 Å². The van der Waals surface area contributed by atoms with E-state index in [1.807, 2.05) is 30.3 Å². The fourth-order valence-corrected chi connectivity index (χ4v) is 13.6. The molecular formula is C56H59Cl2FN8O2. The van der Waals surface area contributed by atoms with Crippen molar-refractivity contribution in [3.05, 3.63) is 117 Å². The van der Waals surface area contributed by atoms with Crippen molar-refractivity contribution in [3.8, 4) is 23.3 Å². The van der Waals surface area contributed by atoms with Crippen molar-refractivity contribution in [2.75, 3.05) is 44.3 Å². The maximum Gasteiger partial charge on any atom is 0.317 e. The first-order chi connectivity index (χ1) is 33.5. The van der Waals surface area contributed by atoms with E-state index in [0.29, 0.717) is 41.7 Å². The van der Waals surface area contributed by atoms with Crippen molar-refractivity contribution in [2.24, 2.45) is 0 Å². The molecule has 2 atom stereocenters. The van der Waals surface area contributed by atoms with Gasteiger partial charge >= 0.3 is 12.0 Å². The van der Waals surface area contributed by atoms with Crippen LogP contribution in [0.15, 0.2) is 72.9 Å². The minimum absolute atomic E-state index is 0.0115. The standard InChI is InChI=1S/C56H59Cl2FN8O2/c1-33(2)49-38-20-28-65(45-16-6-12-35-11-5-15-41(57)46(35)45)30-43(38)61-53(62-49)69-32-56-23-10-27-67(56)44(19-24-56)36-17-18-42(58)47-37(36)13-7-14-39(47)51-48(59)52-40(29-60-51)50(34(3)4)63-54(64-52)68-31-55-21-8-25-66(55)26-9-22-55/h5-7,11-18,29,33-34,44H,8-10,19-28,30-32H2,1-4H3. The average Bonchev–Trinajstić information content (AvgIpc) is 4.14. The first-order valence-corrected chi connectivity index (χ1v) is 25.9. The number of nitrogens with zero attached hydrogens (tertiary/aromatic N) is 8. The van der Waals surface area contributed by atoms with Crippen LogP contribution in [0.5, 0.6) is 12.0 Å². The van der Waals surface area contributed by atoms with Crippen LogP contribution in [0.1, 0.15) is 125 Å². The molecule has 12 rings (SSSR count). The highest BCUT2D eigenvalue weighted by Gasteiger charge is 2.51. The van der Waals surface area contributed by atoms with Gasteiger partial charge in [-0.15, -0.1) is 0 Å². The topological polar surface area (TPSA) is 92.6 Å². The molecule has 356 valence electrons. The molecule has 2 unspecified atom stereocenters. The Kier molecular flexibility index (Phi) is 11.5. The third kappa shape index (κ3) is 7.60. The lowest BCUT2D eigenvalue weighted by molar-refractivity contribution is 0.0843. The van der Waals surface area contributed by atoms with Crippen LogP contribution in [0.2, 0.25) is 10.0 Å². The molecule has 4 fully saturated rings. The van der Waals surface area contributed by atoms with E-state index < -0.39 is 5.82 Å². The van der Waals surface area contributed by atoms with Crippen molar-refractivity contribution in [2.45, 2.75) is 121 Å². The molecular weight excluding hydrogens is 907 g/mol. The minimum atomic E-state index is -0.496. The first kappa shape index (κ1) is 45.0. The second kappa shape index (κ2) is 17.6. The lowest BCUT2D eigenvalue weighted by atomic mass is 9.92. The van der Waals surface area contributed by atoms with Crippen LogP contribution in [-0.2, 0) is 13.0 Å². The molecule has 4 aromatic carbocycles. The Balaban J connectivity index is 0.835. The van der Waals surface area contributed by atoms with Crippen LogP contribution in [0.3, 0.4) is 0 Å². The smallest absolute Gasteiger partial charge is 0.317 e. The Morgan fingerprint density at radius 1 is 0.710 bits per heavy atom. The monoisotopic (exact) mass is 964 g/mol. The molecule has 10 nitrogen and oxygen atoms in total. The molecule has 0 amide bonds. The highest BCUT2D eigenvalue weighted by atomic mass is 35.5. The Morgan fingerprint density at radius 2 is 1.41 bits per heavy atom. The normalized spacial score (nSPS) is 21.3. The lowest BCUT2D eigenvalue weighted by Crippen LogP contribution is -2.44. The van der Waals surface area contributed by atoms with Crippen molar-refractivity contribution in [1.82, 2.24) is 34.7 Å². The van der Waals surface area contributed by atoms with E-state index in [1.54, 1.807) is 6.20 Å². The SMILES string of the molecule is CC(C)c1nc(OCC23CCCN2C(c2ccc(Cl)c4c(-c5ncc6c(C(C)C)nc(OCC78CCCN7CCC8)nc6c5F)cccc24)CC3)nc2c1CCN(c1cccc3cccc(Cl)c13)C2. The molecule has 0 spiro atoms. The number of anilines is 1. The van der Waals surface area contributed by atoms with E-state index in [-0.39, 0.29) is 46.2 Å². The molecule has 0 N–H and O–H groups in total. The van der Waals surface area contributed by atoms with Crippen molar-refractivity contribution in [3.63, 3.8) is 0 Å². The maximum atomic E-state index is 17.3. The minimum Gasteiger partial charge on any atom is -0.461 e. The zero-order chi connectivity index (χ0) is 47.2. The molecule has 5 aliphatic heterocycles. The summed E-state index contributed by atoms with van der Waals surface area (Å²) in [7, 11) is 0. The second-order valence-corrected chi connectivity index (χ2v) is 21.7. The predicted molar refractivity (Wildman–Crippen MR) is 274 cm³/mol. The van der Waals surface area contributed by atoms with Crippen LogP contribution in [0.4, 0.5) is 10.1 Å². The van der Waals surface area contributed by atoms with Crippen LogP contribution >= 0.6 is 23.2 Å². The fourth-order valence-electron chi connectivity index (χ4n) is 13.0. The van der Waals surface area contributed by atoms with Gasteiger partial charge in [0.1, 0.15) is 24.4 Å². The quantitative estimate of drug-likeness (QED) is 0.125. The van der Waals surface area contributed by atoms with Gasteiger partial charge in [0.05, 0.1) is 39.7 Å². The summed E-state index contributed by atoms with van der Waals surface area (Å²) in [4.78, 5) is 32.3. The number of hydrogen-bond donors (Lipinski definition) is 0. The largest absolute Gasteiger partial charge is 0.461 e. The summed E-state index contributed by atoms with van der Waals surface area (Å²) in [6.07, 6.45) is 11.1. The number of pyridine rings is 1. The Morgan fingerprint density at radius 3 is 2.20 bits per heavy atom. The molecule has 8 heterocycles.